The second-order valence-corrected chi connectivity index (χ2v) is 6.55. The fourth-order valence-electron chi connectivity index (χ4n) is 3.00. The highest BCUT2D eigenvalue weighted by Gasteiger charge is 2.30. The van der Waals surface area contributed by atoms with Crippen molar-refractivity contribution in [2.45, 2.75) is 12.7 Å². The van der Waals surface area contributed by atoms with Crippen molar-refractivity contribution in [3.05, 3.63) is 75.3 Å². The van der Waals surface area contributed by atoms with Crippen molar-refractivity contribution in [1.29, 1.82) is 0 Å². The molecule has 0 saturated carbocycles. The van der Waals surface area contributed by atoms with Gasteiger partial charge in [-0.3, -0.25) is 14.4 Å². The third-order valence-electron chi connectivity index (χ3n) is 4.45. The Hall–Kier alpha value is -3.89. The first-order valence-electron chi connectivity index (χ1n) is 8.70. The second-order valence-electron chi connectivity index (χ2n) is 6.55. The van der Waals surface area contributed by atoms with Crippen LogP contribution in [0.2, 0.25) is 0 Å². The van der Waals surface area contributed by atoms with Crippen LogP contribution in [0.1, 0.15) is 21.5 Å². The van der Waals surface area contributed by atoms with Gasteiger partial charge in [0.2, 0.25) is 0 Å². The number of benzene rings is 2. The molecular weight excluding hydrogens is 424 g/mol. The third-order valence-corrected chi connectivity index (χ3v) is 4.45. The molecule has 0 unspecified atom stereocenters. The van der Waals surface area contributed by atoms with Gasteiger partial charge in [0.15, 0.2) is 0 Å². The second kappa shape index (κ2) is 8.09. The van der Waals surface area contributed by atoms with Crippen LogP contribution in [-0.2, 0) is 17.5 Å². The van der Waals surface area contributed by atoms with Gasteiger partial charge in [-0.05, 0) is 35.9 Å². The topological polar surface area (TPSA) is 109 Å². The van der Waals surface area contributed by atoms with Crippen LogP contribution in [-0.4, -0.2) is 33.2 Å². The van der Waals surface area contributed by atoms with Crippen LogP contribution in [0.5, 0.6) is 5.75 Å². The maximum Gasteiger partial charge on any atom is 0.416 e. The summed E-state index contributed by atoms with van der Waals surface area (Å²) in [6.07, 6.45) is -4.55. The summed E-state index contributed by atoms with van der Waals surface area (Å²) in [5.74, 6) is -4.22. The maximum atomic E-state index is 13.7. The Morgan fingerprint density at radius 3 is 2.29 bits per heavy atom. The zero-order valence-corrected chi connectivity index (χ0v) is 15.5. The Morgan fingerprint density at radius 2 is 1.71 bits per heavy atom. The zero-order chi connectivity index (χ0) is 22.9. The molecule has 1 aromatic heterocycles. The van der Waals surface area contributed by atoms with Gasteiger partial charge in [0, 0.05) is 5.39 Å². The quantitative estimate of drug-likeness (QED) is 0.531. The van der Waals surface area contributed by atoms with Gasteiger partial charge < -0.3 is 20.1 Å². The van der Waals surface area contributed by atoms with Crippen LogP contribution < -0.4 is 10.9 Å². The largest absolute Gasteiger partial charge is 0.506 e. The third kappa shape index (κ3) is 4.49. The number of carbonyl (C=O) groups excluding carboxylic acids is 1. The smallest absolute Gasteiger partial charge is 0.416 e. The van der Waals surface area contributed by atoms with E-state index in [0.29, 0.717) is 0 Å². The average molecular weight is 438 g/mol. The molecule has 3 rings (SSSR count). The zero-order valence-electron chi connectivity index (χ0n) is 15.5. The number of carbonyl (C=O) groups is 2. The summed E-state index contributed by atoms with van der Waals surface area (Å²) in [5.41, 5.74) is -2.44. The molecule has 0 spiro atoms. The Labute approximate surface area is 171 Å². The van der Waals surface area contributed by atoms with Crippen molar-refractivity contribution in [3.63, 3.8) is 0 Å². The lowest BCUT2D eigenvalue weighted by Gasteiger charge is -2.15. The van der Waals surface area contributed by atoms with Crippen LogP contribution in [0.3, 0.4) is 0 Å². The van der Waals surface area contributed by atoms with Gasteiger partial charge in [-0.2, -0.15) is 13.2 Å². The molecule has 0 saturated heterocycles. The summed E-state index contributed by atoms with van der Waals surface area (Å²) in [5, 5.41) is 20.8. The number of carboxylic acids is 1. The summed E-state index contributed by atoms with van der Waals surface area (Å²) < 4.78 is 53.0. The lowest BCUT2D eigenvalue weighted by molar-refractivity contribution is -0.138. The number of fused-ring (bicyclic) bond motifs is 1. The van der Waals surface area contributed by atoms with Crippen molar-refractivity contribution < 1.29 is 37.4 Å². The molecule has 2 aromatic carbocycles. The number of nitrogens with one attached hydrogen (secondary N) is 1. The number of aromatic hydroxyl groups is 1. The molecule has 3 N–H and O–H groups in total. The SMILES string of the molecule is O=C(O)CNC(=O)c1c(O)c2cc(F)ccc2n(Cc2ccc(C(F)(F)F)cc2)c1=O. The monoisotopic (exact) mass is 438 g/mol. The van der Waals surface area contributed by atoms with Crippen LogP contribution in [0.15, 0.2) is 47.3 Å². The molecular formula is C20H14F4N2O5. The molecule has 1 amide bonds. The minimum Gasteiger partial charge on any atom is -0.506 e. The lowest BCUT2D eigenvalue weighted by atomic mass is 10.1. The van der Waals surface area contributed by atoms with E-state index in [1.807, 2.05) is 5.32 Å². The number of aromatic nitrogens is 1. The van der Waals surface area contributed by atoms with E-state index in [0.717, 1.165) is 41.0 Å². The first kappa shape index (κ1) is 21.8. The molecule has 0 aliphatic rings. The van der Waals surface area contributed by atoms with Gasteiger partial charge in [-0.15, -0.1) is 0 Å². The van der Waals surface area contributed by atoms with Crippen molar-refractivity contribution in [2.24, 2.45) is 0 Å². The van der Waals surface area contributed by atoms with Gasteiger partial charge in [-0.25, -0.2) is 4.39 Å². The molecule has 0 fully saturated rings. The number of nitrogens with zero attached hydrogens (tertiary/aromatic N) is 1. The normalized spacial score (nSPS) is 11.5. The summed E-state index contributed by atoms with van der Waals surface area (Å²) in [7, 11) is 0. The van der Waals surface area contributed by atoms with Gasteiger partial charge in [-0.1, -0.05) is 12.1 Å². The summed E-state index contributed by atoms with van der Waals surface area (Å²) >= 11 is 0. The molecule has 11 heteroatoms. The van der Waals surface area contributed by atoms with Crippen molar-refractivity contribution in [1.82, 2.24) is 9.88 Å². The predicted octanol–water partition coefficient (Wildman–Crippen LogP) is 2.73. The number of alkyl halides is 3. The van der Waals surface area contributed by atoms with E-state index in [4.69, 9.17) is 5.11 Å². The fraction of sp³-hybridized carbons (Fsp3) is 0.150. The molecule has 0 atom stereocenters. The molecule has 0 bridgehead atoms. The minimum absolute atomic E-state index is 0.0265. The van der Waals surface area contributed by atoms with Crippen molar-refractivity contribution in [2.75, 3.05) is 6.54 Å². The highest BCUT2D eigenvalue weighted by atomic mass is 19.4. The molecule has 7 nitrogen and oxygen atoms in total. The molecule has 3 aromatic rings. The first-order chi connectivity index (χ1) is 14.5. The molecule has 1 heterocycles. The molecule has 162 valence electrons. The van der Waals surface area contributed by atoms with E-state index >= 15 is 0 Å². The average Bonchev–Trinajstić information content (AvgIpc) is 2.69. The van der Waals surface area contributed by atoms with Crippen molar-refractivity contribution in [3.8, 4) is 5.75 Å². The number of carboxylic acid groups (broad SMARTS) is 1. The highest BCUT2D eigenvalue weighted by Crippen LogP contribution is 2.30. The van der Waals surface area contributed by atoms with E-state index in [1.54, 1.807) is 0 Å². The number of pyridine rings is 1. The van der Waals surface area contributed by atoms with Gasteiger partial charge in [0.25, 0.3) is 11.5 Å². The standard InChI is InChI=1S/C20H14F4N2O5/c21-12-5-6-14-13(7-12)17(29)16(18(30)25-8-15(27)28)19(31)26(14)9-10-1-3-11(4-2-10)20(22,23)24/h1-7,29H,8-9H2,(H,25,30)(H,27,28). The Kier molecular flexibility index (Phi) is 5.69. The minimum atomic E-state index is -4.55. The molecule has 0 aliphatic carbocycles. The van der Waals surface area contributed by atoms with E-state index in [1.165, 1.54) is 6.07 Å². The number of rotatable bonds is 5. The van der Waals surface area contributed by atoms with Crippen molar-refractivity contribution >= 4 is 22.8 Å². The van der Waals surface area contributed by atoms with Crippen LogP contribution >= 0.6 is 0 Å². The van der Waals surface area contributed by atoms with Gasteiger partial charge in [0.1, 0.15) is 23.7 Å². The number of hydrogen-bond donors (Lipinski definition) is 3. The number of hydrogen-bond acceptors (Lipinski definition) is 4. The Bertz CT molecular complexity index is 1230. The lowest BCUT2D eigenvalue weighted by Crippen LogP contribution is -2.36. The molecule has 0 radical (unpaired) electrons. The van der Waals surface area contributed by atoms with Gasteiger partial charge >= 0.3 is 12.1 Å². The summed E-state index contributed by atoms with van der Waals surface area (Å²) in [6, 6.07) is 6.99. The predicted molar refractivity (Wildman–Crippen MR) is 100 cm³/mol. The van der Waals surface area contributed by atoms with E-state index in [-0.39, 0.29) is 23.0 Å². The number of aliphatic carboxylic acids is 1. The van der Waals surface area contributed by atoms with E-state index in [9.17, 15) is 37.1 Å². The molecule has 0 aliphatic heterocycles. The first-order valence-corrected chi connectivity index (χ1v) is 8.70. The molecule has 31 heavy (non-hydrogen) atoms. The van der Waals surface area contributed by atoms with Gasteiger partial charge in [0.05, 0.1) is 17.6 Å². The summed E-state index contributed by atoms with van der Waals surface area (Å²) in [6.45, 7) is -1.13. The van der Waals surface area contributed by atoms with Crippen LogP contribution in [0.25, 0.3) is 10.9 Å². The number of halogens is 4. The van der Waals surface area contributed by atoms with E-state index < -0.39 is 52.9 Å². The van der Waals surface area contributed by atoms with E-state index in [2.05, 4.69) is 0 Å². The number of amides is 1. The Balaban J connectivity index is 2.14. The Morgan fingerprint density at radius 1 is 1.06 bits per heavy atom. The highest BCUT2D eigenvalue weighted by molar-refractivity contribution is 6.03. The summed E-state index contributed by atoms with van der Waals surface area (Å²) in [4.78, 5) is 35.9. The van der Waals surface area contributed by atoms with Crippen LogP contribution in [0, 0.1) is 5.82 Å². The maximum absolute atomic E-state index is 13.7. The fourth-order valence-corrected chi connectivity index (χ4v) is 3.00. The van der Waals surface area contributed by atoms with Crippen LogP contribution in [0.4, 0.5) is 17.6 Å².